The highest BCUT2D eigenvalue weighted by molar-refractivity contribution is 5.79. The van der Waals surface area contributed by atoms with Gasteiger partial charge in [0.25, 0.3) is 0 Å². The second-order valence-corrected chi connectivity index (χ2v) is 9.80. The van der Waals surface area contributed by atoms with Crippen LogP contribution in [0.3, 0.4) is 0 Å². The number of aromatic nitrogens is 5. The Morgan fingerprint density at radius 1 is 1.20 bits per heavy atom. The zero-order valence-electron chi connectivity index (χ0n) is 20.7. The number of anilines is 3. The number of fused-ring (bicyclic) bond motifs is 1. The molecule has 0 radical (unpaired) electrons. The van der Waals surface area contributed by atoms with Gasteiger partial charge in [-0.15, -0.1) is 0 Å². The molecule has 35 heavy (non-hydrogen) atoms. The van der Waals surface area contributed by atoms with Crippen LogP contribution < -0.4 is 10.2 Å². The molecule has 0 saturated carbocycles. The van der Waals surface area contributed by atoms with Crippen molar-refractivity contribution < 1.29 is 14.6 Å². The summed E-state index contributed by atoms with van der Waals surface area (Å²) in [5.74, 6) is 3.08. The SMILES string of the molecule is CC(C)n1c(COC2CCCCO2)nc2cnc(Nc3ccnc(N4CC[C@H](O)[C@H](C)C4)n3)cc21. The number of hydrogen-bond acceptors (Lipinski definition) is 9. The van der Waals surface area contributed by atoms with Gasteiger partial charge in [0.05, 0.1) is 17.8 Å². The zero-order chi connectivity index (χ0) is 24.4. The molecule has 2 saturated heterocycles. The largest absolute Gasteiger partial charge is 0.393 e. The lowest BCUT2D eigenvalue weighted by molar-refractivity contribution is -0.170. The van der Waals surface area contributed by atoms with Crippen LogP contribution in [0, 0.1) is 5.92 Å². The Morgan fingerprint density at radius 3 is 2.86 bits per heavy atom. The molecule has 0 bridgehead atoms. The Balaban J connectivity index is 1.34. The summed E-state index contributed by atoms with van der Waals surface area (Å²) in [7, 11) is 0. The molecular formula is C25H35N7O3. The molecule has 10 heteroatoms. The third-order valence-electron chi connectivity index (χ3n) is 6.74. The van der Waals surface area contributed by atoms with Crippen LogP contribution in [0.5, 0.6) is 0 Å². The quantitative estimate of drug-likeness (QED) is 0.520. The van der Waals surface area contributed by atoms with E-state index in [1.807, 2.05) is 12.1 Å². The Hall–Kier alpha value is -2.82. The van der Waals surface area contributed by atoms with E-state index >= 15 is 0 Å². The maximum Gasteiger partial charge on any atom is 0.227 e. The standard InChI is InChI=1S/C25H35N7O3/c1-16(2)32-19-12-22(27-13-18(19)28-23(32)15-35-24-6-4-5-11-34-24)29-21-7-9-26-25(30-21)31-10-8-20(33)17(3)14-31/h7,9,12-13,16-17,20,24,33H,4-6,8,10-11,14-15H2,1-3H3,(H,26,27,29,30)/t17-,20+,24?/m1/s1. The van der Waals surface area contributed by atoms with Crippen LogP contribution in [0.2, 0.25) is 0 Å². The highest BCUT2D eigenvalue weighted by Gasteiger charge is 2.26. The molecule has 2 aliphatic rings. The van der Waals surface area contributed by atoms with Crippen LogP contribution in [0.15, 0.2) is 24.5 Å². The van der Waals surface area contributed by atoms with E-state index in [4.69, 9.17) is 19.4 Å². The van der Waals surface area contributed by atoms with E-state index in [0.29, 0.717) is 24.2 Å². The average Bonchev–Trinajstić information content (AvgIpc) is 3.23. The number of nitrogens with one attached hydrogen (secondary N) is 1. The van der Waals surface area contributed by atoms with E-state index in [1.165, 1.54) is 0 Å². The van der Waals surface area contributed by atoms with E-state index in [1.54, 1.807) is 12.4 Å². The van der Waals surface area contributed by atoms with E-state index in [-0.39, 0.29) is 24.4 Å². The van der Waals surface area contributed by atoms with E-state index in [9.17, 15) is 5.11 Å². The van der Waals surface area contributed by atoms with Gasteiger partial charge in [-0.25, -0.2) is 15.0 Å². The van der Waals surface area contributed by atoms with Crippen molar-refractivity contribution in [3.05, 3.63) is 30.4 Å². The van der Waals surface area contributed by atoms with Gasteiger partial charge in [0.2, 0.25) is 5.95 Å². The number of rotatable bonds is 7. The summed E-state index contributed by atoms with van der Waals surface area (Å²) in [4.78, 5) is 20.6. The number of pyridine rings is 1. The summed E-state index contributed by atoms with van der Waals surface area (Å²) in [6.07, 6.45) is 6.99. The maximum atomic E-state index is 10.0. The highest BCUT2D eigenvalue weighted by Crippen LogP contribution is 2.26. The molecule has 5 heterocycles. The van der Waals surface area contributed by atoms with Gasteiger partial charge in [-0.2, -0.15) is 4.98 Å². The van der Waals surface area contributed by atoms with Crippen LogP contribution >= 0.6 is 0 Å². The first-order chi connectivity index (χ1) is 17.0. The van der Waals surface area contributed by atoms with Gasteiger partial charge in [-0.1, -0.05) is 6.92 Å². The average molecular weight is 482 g/mol. The molecule has 0 spiro atoms. The minimum absolute atomic E-state index is 0.155. The Labute approximate surface area is 205 Å². The first-order valence-electron chi connectivity index (χ1n) is 12.6. The van der Waals surface area contributed by atoms with Crippen molar-refractivity contribution in [1.82, 2.24) is 24.5 Å². The number of nitrogens with zero attached hydrogens (tertiary/aromatic N) is 6. The minimum Gasteiger partial charge on any atom is -0.393 e. The number of piperidine rings is 1. The lowest BCUT2D eigenvalue weighted by Crippen LogP contribution is -2.42. The van der Waals surface area contributed by atoms with E-state index in [2.05, 4.69) is 45.5 Å². The highest BCUT2D eigenvalue weighted by atomic mass is 16.7. The predicted octanol–water partition coefficient (Wildman–Crippen LogP) is 3.80. The van der Waals surface area contributed by atoms with E-state index < -0.39 is 0 Å². The van der Waals surface area contributed by atoms with Crippen molar-refractivity contribution in [2.75, 3.05) is 29.9 Å². The zero-order valence-corrected chi connectivity index (χ0v) is 20.7. The van der Waals surface area contributed by atoms with Crippen molar-refractivity contribution in [2.45, 2.75) is 71.5 Å². The summed E-state index contributed by atoms with van der Waals surface area (Å²) in [6, 6.07) is 4.05. The molecule has 10 nitrogen and oxygen atoms in total. The fourth-order valence-electron chi connectivity index (χ4n) is 4.82. The number of aliphatic hydroxyl groups excluding tert-OH is 1. The topological polar surface area (TPSA) is 110 Å². The lowest BCUT2D eigenvalue weighted by atomic mass is 9.97. The van der Waals surface area contributed by atoms with Crippen LogP contribution in [-0.2, 0) is 16.1 Å². The third-order valence-corrected chi connectivity index (χ3v) is 6.74. The first-order valence-corrected chi connectivity index (χ1v) is 12.6. The molecule has 5 rings (SSSR count). The van der Waals surface area contributed by atoms with Gasteiger partial charge in [0.15, 0.2) is 6.29 Å². The third kappa shape index (κ3) is 5.39. The number of hydrogen-bond donors (Lipinski definition) is 2. The van der Waals surface area contributed by atoms with Gasteiger partial charge in [0, 0.05) is 38.0 Å². The van der Waals surface area contributed by atoms with Gasteiger partial charge in [-0.3, -0.25) is 0 Å². The smallest absolute Gasteiger partial charge is 0.227 e. The summed E-state index contributed by atoms with van der Waals surface area (Å²) in [5.41, 5.74) is 1.82. The number of imidazole rings is 1. The second kappa shape index (κ2) is 10.4. The van der Waals surface area contributed by atoms with Crippen molar-refractivity contribution in [2.24, 2.45) is 5.92 Å². The molecule has 3 aromatic rings. The first kappa shape index (κ1) is 23.9. The van der Waals surface area contributed by atoms with Gasteiger partial charge in [-0.05, 0) is 51.5 Å². The minimum atomic E-state index is -0.264. The predicted molar refractivity (Wildman–Crippen MR) is 134 cm³/mol. The fraction of sp³-hybridized carbons (Fsp3) is 0.600. The fourth-order valence-corrected chi connectivity index (χ4v) is 4.82. The van der Waals surface area contributed by atoms with Gasteiger partial charge >= 0.3 is 0 Å². The number of ether oxygens (including phenoxy) is 2. The normalized spacial score (nSPS) is 23.2. The van der Waals surface area contributed by atoms with Crippen molar-refractivity contribution in [1.29, 1.82) is 0 Å². The molecule has 188 valence electrons. The second-order valence-electron chi connectivity index (χ2n) is 9.80. The Morgan fingerprint density at radius 2 is 2.09 bits per heavy atom. The number of aliphatic hydroxyl groups is 1. The van der Waals surface area contributed by atoms with Crippen LogP contribution in [0.1, 0.15) is 58.3 Å². The molecule has 0 amide bonds. The summed E-state index contributed by atoms with van der Waals surface area (Å²) in [5, 5.41) is 13.4. The molecule has 3 atom stereocenters. The van der Waals surface area contributed by atoms with Crippen molar-refractivity contribution >= 4 is 28.6 Å². The van der Waals surface area contributed by atoms with Crippen LogP contribution in [-0.4, -0.2) is 61.7 Å². The molecule has 2 aliphatic heterocycles. The van der Waals surface area contributed by atoms with Gasteiger partial charge in [0.1, 0.15) is 29.6 Å². The molecule has 3 aromatic heterocycles. The Kier molecular flexibility index (Phi) is 7.12. The molecule has 0 aromatic carbocycles. The van der Waals surface area contributed by atoms with Gasteiger partial charge < -0.3 is 29.4 Å². The molecule has 1 unspecified atom stereocenters. The molecule has 0 aliphatic carbocycles. The molecule has 2 fully saturated rings. The molecular weight excluding hydrogens is 446 g/mol. The Bertz CT molecular complexity index is 1150. The van der Waals surface area contributed by atoms with Crippen LogP contribution in [0.4, 0.5) is 17.6 Å². The maximum absolute atomic E-state index is 10.0. The summed E-state index contributed by atoms with van der Waals surface area (Å²) >= 11 is 0. The molecule has 2 N–H and O–H groups in total. The van der Waals surface area contributed by atoms with E-state index in [0.717, 1.165) is 62.2 Å². The summed E-state index contributed by atoms with van der Waals surface area (Å²) in [6.45, 7) is 8.97. The van der Waals surface area contributed by atoms with Crippen LogP contribution in [0.25, 0.3) is 11.0 Å². The van der Waals surface area contributed by atoms with Crippen molar-refractivity contribution in [3.8, 4) is 0 Å². The summed E-state index contributed by atoms with van der Waals surface area (Å²) < 4.78 is 13.9. The lowest BCUT2D eigenvalue weighted by Gasteiger charge is -2.34. The monoisotopic (exact) mass is 481 g/mol. The van der Waals surface area contributed by atoms with Crippen molar-refractivity contribution in [3.63, 3.8) is 0 Å².